The van der Waals surface area contributed by atoms with E-state index in [1.807, 2.05) is 12.3 Å². The maximum atomic E-state index is 11.5. The molecule has 0 unspecified atom stereocenters. The van der Waals surface area contributed by atoms with Crippen LogP contribution in [0.2, 0.25) is 0 Å². The molecule has 1 aliphatic carbocycles. The van der Waals surface area contributed by atoms with Crippen LogP contribution in [0.3, 0.4) is 0 Å². The molecule has 1 saturated carbocycles. The number of carbonyl (C=O) groups is 1. The van der Waals surface area contributed by atoms with E-state index in [1.165, 1.54) is 11.8 Å². The van der Waals surface area contributed by atoms with Crippen molar-refractivity contribution >= 4 is 17.7 Å². The van der Waals surface area contributed by atoms with Crippen LogP contribution in [0.25, 0.3) is 0 Å². The van der Waals surface area contributed by atoms with Crippen LogP contribution in [-0.4, -0.2) is 22.4 Å². The number of rotatable bonds is 3. The zero-order valence-corrected chi connectivity index (χ0v) is 10.6. The van der Waals surface area contributed by atoms with E-state index in [1.54, 1.807) is 12.1 Å². The molecule has 0 aliphatic heterocycles. The molecular weight excluding hydrogens is 236 g/mol. The summed E-state index contributed by atoms with van der Waals surface area (Å²) in [5.41, 5.74) is -0.304. The van der Waals surface area contributed by atoms with E-state index in [2.05, 4.69) is 0 Å². The van der Waals surface area contributed by atoms with Crippen molar-refractivity contribution in [2.45, 2.75) is 36.0 Å². The minimum Gasteiger partial charge on any atom is -0.508 e. The second-order valence-electron chi connectivity index (χ2n) is 4.48. The Kier molecular flexibility index (Phi) is 3.33. The van der Waals surface area contributed by atoms with Gasteiger partial charge in [-0.1, -0.05) is 18.9 Å². The molecule has 2 rings (SSSR count). The fraction of sp³-hybridized carbons (Fsp3) is 0.462. The summed E-state index contributed by atoms with van der Waals surface area (Å²) in [4.78, 5) is 12.5. The predicted octanol–water partition coefficient (Wildman–Crippen LogP) is 3.01. The molecule has 1 fully saturated rings. The van der Waals surface area contributed by atoms with Crippen LogP contribution < -0.4 is 0 Å². The fourth-order valence-electron chi connectivity index (χ4n) is 2.62. The quantitative estimate of drug-likeness (QED) is 0.812. The number of aromatic hydroxyl groups is 1. The zero-order valence-electron chi connectivity index (χ0n) is 9.77. The topological polar surface area (TPSA) is 57.5 Å². The summed E-state index contributed by atoms with van der Waals surface area (Å²) in [5, 5.41) is 19.5. The highest BCUT2D eigenvalue weighted by molar-refractivity contribution is 7.98. The Labute approximate surface area is 105 Å². The molecule has 1 aromatic carbocycles. The Morgan fingerprint density at radius 3 is 2.47 bits per heavy atom. The van der Waals surface area contributed by atoms with Gasteiger partial charge in [0.1, 0.15) is 5.75 Å². The van der Waals surface area contributed by atoms with Crippen LogP contribution in [-0.2, 0) is 10.2 Å². The van der Waals surface area contributed by atoms with Gasteiger partial charge in [-0.15, -0.1) is 11.8 Å². The van der Waals surface area contributed by atoms with Gasteiger partial charge in [-0.05, 0) is 31.2 Å². The molecule has 92 valence electrons. The molecule has 1 aromatic rings. The third-order valence-corrected chi connectivity index (χ3v) is 4.31. The van der Waals surface area contributed by atoms with Crippen molar-refractivity contribution in [1.29, 1.82) is 0 Å². The number of phenolic OH excluding ortho intramolecular Hbond substituents is 1. The first-order valence-electron chi connectivity index (χ1n) is 5.71. The zero-order chi connectivity index (χ0) is 12.5. The van der Waals surface area contributed by atoms with E-state index in [0.717, 1.165) is 17.7 Å². The highest BCUT2D eigenvalue weighted by atomic mass is 32.2. The molecule has 4 heteroatoms. The van der Waals surface area contributed by atoms with Gasteiger partial charge < -0.3 is 10.2 Å². The average molecular weight is 252 g/mol. The van der Waals surface area contributed by atoms with Gasteiger partial charge >= 0.3 is 5.97 Å². The second kappa shape index (κ2) is 4.61. The smallest absolute Gasteiger partial charge is 0.314 e. The molecule has 0 saturated heterocycles. The van der Waals surface area contributed by atoms with Gasteiger partial charge in [0.25, 0.3) is 0 Å². The molecule has 0 amide bonds. The number of phenols is 1. The molecule has 3 nitrogen and oxygen atoms in total. The lowest BCUT2D eigenvalue weighted by Gasteiger charge is -2.25. The molecule has 2 N–H and O–H groups in total. The van der Waals surface area contributed by atoms with Crippen molar-refractivity contribution in [1.82, 2.24) is 0 Å². The standard InChI is InChI=1S/C13H16O3S/c1-17-9-4-5-10(11(14)8-9)13(12(15)16)6-2-3-7-13/h4-5,8,14H,2-3,6-7H2,1H3,(H,15,16). The normalized spacial score (nSPS) is 18.2. The van der Waals surface area contributed by atoms with Crippen molar-refractivity contribution in [2.75, 3.05) is 6.26 Å². The van der Waals surface area contributed by atoms with Crippen LogP contribution in [0.15, 0.2) is 23.1 Å². The average Bonchev–Trinajstić information content (AvgIpc) is 2.79. The lowest BCUT2D eigenvalue weighted by Crippen LogP contribution is -2.32. The van der Waals surface area contributed by atoms with Crippen molar-refractivity contribution in [3.8, 4) is 5.75 Å². The Balaban J connectivity index is 2.47. The summed E-state index contributed by atoms with van der Waals surface area (Å²) >= 11 is 1.53. The van der Waals surface area contributed by atoms with Gasteiger partial charge in [0.15, 0.2) is 0 Å². The summed E-state index contributed by atoms with van der Waals surface area (Å²) in [7, 11) is 0. The fourth-order valence-corrected chi connectivity index (χ4v) is 3.05. The minimum atomic E-state index is -0.874. The molecule has 0 heterocycles. The summed E-state index contributed by atoms with van der Waals surface area (Å²) < 4.78 is 0. The first-order chi connectivity index (χ1) is 8.10. The number of hydrogen-bond donors (Lipinski definition) is 2. The van der Waals surface area contributed by atoms with Crippen molar-refractivity contribution in [2.24, 2.45) is 0 Å². The van der Waals surface area contributed by atoms with Crippen molar-refractivity contribution < 1.29 is 15.0 Å². The van der Waals surface area contributed by atoms with E-state index in [-0.39, 0.29) is 5.75 Å². The number of benzene rings is 1. The van der Waals surface area contributed by atoms with E-state index in [4.69, 9.17) is 0 Å². The molecule has 0 atom stereocenters. The van der Waals surface area contributed by atoms with E-state index in [9.17, 15) is 15.0 Å². The van der Waals surface area contributed by atoms with E-state index in [0.29, 0.717) is 18.4 Å². The summed E-state index contributed by atoms with van der Waals surface area (Å²) in [5.74, 6) is -0.705. The number of thioether (sulfide) groups is 1. The third-order valence-electron chi connectivity index (χ3n) is 3.59. The monoisotopic (exact) mass is 252 g/mol. The Hall–Kier alpha value is -1.16. The first kappa shape index (κ1) is 12.3. The maximum absolute atomic E-state index is 11.5. The molecule has 0 spiro atoms. The van der Waals surface area contributed by atoms with Crippen LogP contribution in [0, 0.1) is 0 Å². The van der Waals surface area contributed by atoms with Gasteiger partial charge in [0.2, 0.25) is 0 Å². The van der Waals surface area contributed by atoms with Crippen LogP contribution in [0.1, 0.15) is 31.2 Å². The highest BCUT2D eigenvalue weighted by Gasteiger charge is 2.44. The Bertz CT molecular complexity index is 436. The number of carboxylic acid groups (broad SMARTS) is 1. The number of hydrogen-bond acceptors (Lipinski definition) is 3. The summed E-state index contributed by atoms with van der Waals surface area (Å²) in [6, 6.07) is 5.30. The highest BCUT2D eigenvalue weighted by Crippen LogP contribution is 2.45. The first-order valence-corrected chi connectivity index (χ1v) is 6.93. The third kappa shape index (κ3) is 2.02. The van der Waals surface area contributed by atoms with Gasteiger partial charge in [0, 0.05) is 10.5 Å². The molecule has 0 radical (unpaired) electrons. The molecule has 17 heavy (non-hydrogen) atoms. The lowest BCUT2D eigenvalue weighted by molar-refractivity contribution is -0.143. The lowest BCUT2D eigenvalue weighted by atomic mass is 9.78. The number of aliphatic carboxylic acids is 1. The molecule has 0 aromatic heterocycles. The van der Waals surface area contributed by atoms with Crippen molar-refractivity contribution in [3.63, 3.8) is 0 Å². The van der Waals surface area contributed by atoms with Crippen molar-refractivity contribution in [3.05, 3.63) is 23.8 Å². The second-order valence-corrected chi connectivity index (χ2v) is 5.36. The van der Waals surface area contributed by atoms with Gasteiger partial charge in [0.05, 0.1) is 5.41 Å². The van der Waals surface area contributed by atoms with Crippen LogP contribution >= 0.6 is 11.8 Å². The molecule has 1 aliphatic rings. The largest absolute Gasteiger partial charge is 0.508 e. The SMILES string of the molecule is CSc1ccc(C2(C(=O)O)CCCC2)c(O)c1. The van der Waals surface area contributed by atoms with Crippen LogP contribution in [0.5, 0.6) is 5.75 Å². The maximum Gasteiger partial charge on any atom is 0.314 e. The predicted molar refractivity (Wildman–Crippen MR) is 67.7 cm³/mol. The Morgan fingerprint density at radius 1 is 1.35 bits per heavy atom. The van der Waals surface area contributed by atoms with Gasteiger partial charge in [-0.3, -0.25) is 4.79 Å². The summed E-state index contributed by atoms with van der Waals surface area (Å²) in [6.45, 7) is 0. The van der Waals surface area contributed by atoms with Gasteiger partial charge in [-0.2, -0.15) is 0 Å². The van der Waals surface area contributed by atoms with Crippen LogP contribution in [0.4, 0.5) is 0 Å². The number of carboxylic acids is 1. The molecular formula is C13H16O3S. The van der Waals surface area contributed by atoms with E-state index >= 15 is 0 Å². The van der Waals surface area contributed by atoms with E-state index < -0.39 is 11.4 Å². The molecule has 0 bridgehead atoms. The Morgan fingerprint density at radius 2 is 2.00 bits per heavy atom. The van der Waals surface area contributed by atoms with Gasteiger partial charge in [-0.25, -0.2) is 0 Å². The minimum absolute atomic E-state index is 0.112. The summed E-state index contributed by atoms with van der Waals surface area (Å²) in [6.07, 6.45) is 4.99.